The van der Waals surface area contributed by atoms with Crippen molar-refractivity contribution in [1.82, 2.24) is 25.0 Å². The molecule has 1 radical (unpaired) electrons. The number of hydrogen-bond acceptors (Lipinski definition) is 5. The minimum atomic E-state index is 0.633. The predicted molar refractivity (Wildman–Crippen MR) is 64.5 cm³/mol. The molecule has 6 nitrogen and oxygen atoms in total. The molecule has 0 saturated carbocycles. The molecule has 3 aromatic rings. The summed E-state index contributed by atoms with van der Waals surface area (Å²) in [6.45, 7) is 2.60. The van der Waals surface area contributed by atoms with Crippen molar-refractivity contribution in [2.75, 3.05) is 6.61 Å². The van der Waals surface area contributed by atoms with Gasteiger partial charge in [-0.2, -0.15) is 4.68 Å². The normalized spacial score (nSPS) is 10.7. The van der Waals surface area contributed by atoms with Gasteiger partial charge in [0.05, 0.1) is 18.5 Å². The van der Waals surface area contributed by atoms with Gasteiger partial charge in [0.25, 0.3) is 0 Å². The largest absolute Gasteiger partial charge is 0.494 e. The molecule has 2 aromatic heterocycles. The van der Waals surface area contributed by atoms with Gasteiger partial charge >= 0.3 is 0 Å². The lowest BCUT2D eigenvalue weighted by Crippen LogP contribution is -1.98. The molecule has 0 aliphatic heterocycles. The third-order valence-corrected chi connectivity index (χ3v) is 2.46. The summed E-state index contributed by atoms with van der Waals surface area (Å²) >= 11 is 0. The molecule has 3 rings (SSSR count). The van der Waals surface area contributed by atoms with Crippen molar-refractivity contribution >= 4 is 11.2 Å². The average molecular weight is 240 g/mol. The minimum absolute atomic E-state index is 0.633. The Morgan fingerprint density at radius 2 is 2.11 bits per heavy atom. The van der Waals surface area contributed by atoms with Gasteiger partial charge in [-0.3, -0.25) is 0 Å². The lowest BCUT2D eigenvalue weighted by molar-refractivity contribution is 0.340. The van der Waals surface area contributed by atoms with Crippen LogP contribution in [0.2, 0.25) is 0 Å². The van der Waals surface area contributed by atoms with Crippen molar-refractivity contribution in [2.45, 2.75) is 6.92 Å². The number of fused-ring (bicyclic) bond motifs is 1. The first-order valence-electron chi connectivity index (χ1n) is 5.56. The van der Waals surface area contributed by atoms with Crippen molar-refractivity contribution in [3.05, 3.63) is 36.8 Å². The summed E-state index contributed by atoms with van der Waals surface area (Å²) in [5.74, 6) is 0.826. The van der Waals surface area contributed by atoms with Gasteiger partial charge < -0.3 is 4.74 Å². The molecule has 0 fully saturated rings. The standard InChI is InChI=1S/C12H10N5O/c1-2-18-10-5-3-9(4-6-10)17-12-11(15-16-17)7-13-8-14-12/h3-7H,2H2,1H3. The molecule has 89 valence electrons. The Labute approximate surface area is 103 Å². The Morgan fingerprint density at radius 1 is 1.28 bits per heavy atom. The maximum absolute atomic E-state index is 5.39. The fraction of sp³-hybridized carbons (Fsp3) is 0.167. The quantitative estimate of drug-likeness (QED) is 0.692. The van der Waals surface area contributed by atoms with Gasteiger partial charge in [0.1, 0.15) is 5.75 Å². The van der Waals surface area contributed by atoms with E-state index in [1.807, 2.05) is 31.2 Å². The molecule has 0 aliphatic rings. The van der Waals surface area contributed by atoms with Crippen LogP contribution >= 0.6 is 0 Å². The third-order valence-electron chi connectivity index (χ3n) is 2.46. The molecule has 0 atom stereocenters. The lowest BCUT2D eigenvalue weighted by Gasteiger charge is -2.04. The van der Waals surface area contributed by atoms with Crippen molar-refractivity contribution in [1.29, 1.82) is 0 Å². The van der Waals surface area contributed by atoms with Gasteiger partial charge in [-0.25, -0.2) is 9.97 Å². The fourth-order valence-corrected chi connectivity index (χ4v) is 1.67. The van der Waals surface area contributed by atoms with Crippen LogP contribution in [0, 0.1) is 6.33 Å². The summed E-state index contributed by atoms with van der Waals surface area (Å²) in [6.07, 6.45) is 4.12. The van der Waals surface area contributed by atoms with Crippen molar-refractivity contribution in [3.8, 4) is 11.4 Å². The molecule has 1 aromatic carbocycles. The summed E-state index contributed by atoms with van der Waals surface area (Å²) in [6, 6.07) is 7.58. The minimum Gasteiger partial charge on any atom is -0.494 e. The number of hydrogen-bond donors (Lipinski definition) is 0. The van der Waals surface area contributed by atoms with Gasteiger partial charge in [0, 0.05) is 0 Å². The highest BCUT2D eigenvalue weighted by molar-refractivity contribution is 5.69. The Kier molecular flexibility index (Phi) is 2.60. The highest BCUT2D eigenvalue weighted by atomic mass is 16.5. The molecular weight excluding hydrogens is 230 g/mol. The molecule has 0 aliphatic carbocycles. The van der Waals surface area contributed by atoms with Crippen LogP contribution in [0.4, 0.5) is 0 Å². The molecule has 2 heterocycles. The molecule has 18 heavy (non-hydrogen) atoms. The Hall–Kier alpha value is -2.50. The number of aromatic nitrogens is 5. The Bertz CT molecular complexity index is 662. The van der Waals surface area contributed by atoms with E-state index in [2.05, 4.69) is 26.6 Å². The molecule has 0 unspecified atom stereocenters. The topological polar surface area (TPSA) is 65.7 Å². The van der Waals surface area contributed by atoms with Gasteiger partial charge in [0.15, 0.2) is 17.5 Å². The third kappa shape index (κ3) is 1.77. The van der Waals surface area contributed by atoms with E-state index in [9.17, 15) is 0 Å². The molecule has 0 N–H and O–H groups in total. The van der Waals surface area contributed by atoms with Crippen LogP contribution in [0.5, 0.6) is 5.75 Å². The second kappa shape index (κ2) is 4.40. The Balaban J connectivity index is 2.03. The zero-order chi connectivity index (χ0) is 12.4. The maximum Gasteiger partial charge on any atom is 0.199 e. The van der Waals surface area contributed by atoms with Crippen LogP contribution in [0.1, 0.15) is 6.92 Å². The van der Waals surface area contributed by atoms with Crippen molar-refractivity contribution in [3.63, 3.8) is 0 Å². The van der Waals surface area contributed by atoms with E-state index in [-0.39, 0.29) is 0 Å². The average Bonchev–Trinajstić information content (AvgIpc) is 2.84. The highest BCUT2D eigenvalue weighted by Crippen LogP contribution is 2.17. The SMILES string of the molecule is CCOc1ccc(-n2nnc3cn[c]nc32)cc1. The van der Waals surface area contributed by atoms with E-state index < -0.39 is 0 Å². The van der Waals surface area contributed by atoms with Gasteiger partial charge in [-0.15, -0.1) is 5.10 Å². The smallest absolute Gasteiger partial charge is 0.199 e. The van der Waals surface area contributed by atoms with Crippen molar-refractivity contribution in [2.24, 2.45) is 0 Å². The second-order valence-electron chi connectivity index (χ2n) is 3.61. The van der Waals surface area contributed by atoms with Gasteiger partial charge in [0.2, 0.25) is 0 Å². The van der Waals surface area contributed by atoms with Crippen LogP contribution in [-0.2, 0) is 0 Å². The van der Waals surface area contributed by atoms with Crippen LogP contribution in [0.3, 0.4) is 0 Å². The Morgan fingerprint density at radius 3 is 2.89 bits per heavy atom. The van der Waals surface area contributed by atoms with Crippen LogP contribution in [0.15, 0.2) is 30.5 Å². The van der Waals surface area contributed by atoms with Crippen LogP contribution < -0.4 is 4.74 Å². The second-order valence-corrected chi connectivity index (χ2v) is 3.61. The molecule has 6 heteroatoms. The lowest BCUT2D eigenvalue weighted by atomic mass is 10.3. The predicted octanol–water partition coefficient (Wildman–Crippen LogP) is 1.41. The molecule has 0 saturated heterocycles. The van der Waals surface area contributed by atoms with E-state index in [0.717, 1.165) is 11.4 Å². The fourth-order valence-electron chi connectivity index (χ4n) is 1.67. The number of rotatable bonds is 3. The van der Waals surface area contributed by atoms with Crippen LogP contribution in [-0.4, -0.2) is 31.6 Å². The summed E-state index contributed by atoms with van der Waals surface area (Å²) in [5.41, 5.74) is 2.14. The monoisotopic (exact) mass is 240 g/mol. The highest BCUT2D eigenvalue weighted by Gasteiger charge is 2.07. The molecular formula is C12H10N5O. The molecule has 0 amide bonds. The summed E-state index contributed by atoms with van der Waals surface area (Å²) in [4.78, 5) is 7.83. The van der Waals surface area contributed by atoms with E-state index in [1.54, 1.807) is 10.9 Å². The van der Waals surface area contributed by atoms with E-state index in [0.29, 0.717) is 17.8 Å². The van der Waals surface area contributed by atoms with E-state index >= 15 is 0 Å². The zero-order valence-electron chi connectivity index (χ0n) is 9.74. The van der Waals surface area contributed by atoms with Crippen LogP contribution in [0.25, 0.3) is 16.9 Å². The summed E-state index contributed by atoms with van der Waals surface area (Å²) in [5, 5.41) is 8.04. The summed E-state index contributed by atoms with van der Waals surface area (Å²) < 4.78 is 7.03. The zero-order valence-corrected chi connectivity index (χ0v) is 9.74. The van der Waals surface area contributed by atoms with Gasteiger partial charge in [-0.1, -0.05) is 5.21 Å². The van der Waals surface area contributed by atoms with E-state index in [4.69, 9.17) is 4.74 Å². The maximum atomic E-state index is 5.39. The van der Waals surface area contributed by atoms with Crippen molar-refractivity contribution < 1.29 is 4.74 Å². The number of nitrogens with zero attached hydrogens (tertiary/aromatic N) is 5. The number of ether oxygens (including phenoxy) is 1. The first-order chi connectivity index (χ1) is 8.88. The summed E-state index contributed by atoms with van der Waals surface area (Å²) in [7, 11) is 0. The molecule has 0 spiro atoms. The first-order valence-corrected chi connectivity index (χ1v) is 5.56. The molecule has 0 bridgehead atoms. The van der Waals surface area contributed by atoms with Gasteiger partial charge in [-0.05, 0) is 31.2 Å². The number of benzene rings is 1. The first kappa shape index (κ1) is 10.6. The van der Waals surface area contributed by atoms with E-state index in [1.165, 1.54) is 0 Å².